The van der Waals surface area contributed by atoms with Crippen LogP contribution >= 0.6 is 0 Å². The largest absolute Gasteiger partial charge is 0.465 e. The smallest absolute Gasteiger partial charge is 0.407 e. The molecular weight excluding hydrogens is 246 g/mol. The Morgan fingerprint density at radius 2 is 1.89 bits per heavy atom. The SMILES string of the molecule is CN(C)C(=O)C1(C)CN(CCC2CN(C(=O)O)C2)C1. The zero-order valence-corrected chi connectivity index (χ0v) is 11.9. The summed E-state index contributed by atoms with van der Waals surface area (Å²) in [6, 6.07) is 0. The summed E-state index contributed by atoms with van der Waals surface area (Å²) in [6.45, 7) is 5.95. The molecule has 0 radical (unpaired) electrons. The van der Waals surface area contributed by atoms with Gasteiger partial charge in [0.25, 0.3) is 0 Å². The van der Waals surface area contributed by atoms with E-state index in [-0.39, 0.29) is 11.3 Å². The highest BCUT2D eigenvalue weighted by molar-refractivity contribution is 5.83. The molecule has 2 saturated heterocycles. The molecule has 0 unspecified atom stereocenters. The summed E-state index contributed by atoms with van der Waals surface area (Å²) in [5.41, 5.74) is -0.226. The van der Waals surface area contributed by atoms with Gasteiger partial charge in [-0.25, -0.2) is 4.79 Å². The predicted molar refractivity (Wildman–Crippen MR) is 70.9 cm³/mol. The number of carboxylic acid groups (broad SMARTS) is 1. The monoisotopic (exact) mass is 269 g/mol. The van der Waals surface area contributed by atoms with E-state index in [1.165, 1.54) is 4.90 Å². The molecule has 6 heteroatoms. The van der Waals surface area contributed by atoms with E-state index in [0.717, 1.165) is 26.1 Å². The van der Waals surface area contributed by atoms with Crippen LogP contribution in [-0.4, -0.2) is 78.6 Å². The number of carbonyl (C=O) groups is 2. The summed E-state index contributed by atoms with van der Waals surface area (Å²) in [7, 11) is 3.59. The first kappa shape index (κ1) is 14.1. The Labute approximate surface area is 114 Å². The Morgan fingerprint density at radius 3 is 2.37 bits per heavy atom. The first-order chi connectivity index (χ1) is 8.82. The molecule has 0 aromatic rings. The minimum atomic E-state index is -0.815. The van der Waals surface area contributed by atoms with Crippen LogP contribution in [0.1, 0.15) is 13.3 Å². The van der Waals surface area contributed by atoms with E-state index in [1.54, 1.807) is 19.0 Å². The second kappa shape index (κ2) is 5.00. The van der Waals surface area contributed by atoms with E-state index in [1.807, 2.05) is 6.92 Å². The molecule has 19 heavy (non-hydrogen) atoms. The third-order valence-electron chi connectivity index (χ3n) is 4.15. The van der Waals surface area contributed by atoms with Gasteiger partial charge in [-0.15, -0.1) is 0 Å². The Bertz CT molecular complexity index is 371. The molecule has 6 nitrogen and oxygen atoms in total. The molecule has 2 fully saturated rings. The summed E-state index contributed by atoms with van der Waals surface area (Å²) in [5.74, 6) is 0.692. The highest BCUT2D eigenvalue weighted by atomic mass is 16.4. The zero-order valence-electron chi connectivity index (χ0n) is 11.9. The van der Waals surface area contributed by atoms with E-state index < -0.39 is 6.09 Å². The third-order valence-corrected chi connectivity index (χ3v) is 4.15. The van der Waals surface area contributed by atoms with Crippen LogP contribution < -0.4 is 0 Å². The average Bonchev–Trinajstić information content (AvgIpc) is 2.22. The van der Waals surface area contributed by atoms with Gasteiger partial charge in [-0.1, -0.05) is 0 Å². The van der Waals surface area contributed by atoms with E-state index in [2.05, 4.69) is 4.90 Å². The number of carbonyl (C=O) groups excluding carboxylic acids is 1. The molecule has 0 bridgehead atoms. The Hall–Kier alpha value is -1.30. The van der Waals surface area contributed by atoms with Crippen molar-refractivity contribution in [1.82, 2.24) is 14.7 Å². The van der Waals surface area contributed by atoms with Crippen molar-refractivity contribution < 1.29 is 14.7 Å². The molecule has 108 valence electrons. The van der Waals surface area contributed by atoms with Crippen molar-refractivity contribution in [3.05, 3.63) is 0 Å². The van der Waals surface area contributed by atoms with E-state index >= 15 is 0 Å². The van der Waals surface area contributed by atoms with Crippen LogP contribution in [0.3, 0.4) is 0 Å². The van der Waals surface area contributed by atoms with Crippen LogP contribution in [0.25, 0.3) is 0 Å². The first-order valence-corrected chi connectivity index (χ1v) is 6.74. The highest BCUT2D eigenvalue weighted by Gasteiger charge is 2.45. The fourth-order valence-corrected chi connectivity index (χ4v) is 3.05. The lowest BCUT2D eigenvalue weighted by Gasteiger charge is -2.48. The molecule has 0 atom stereocenters. The van der Waals surface area contributed by atoms with Crippen molar-refractivity contribution in [2.45, 2.75) is 13.3 Å². The molecule has 0 aromatic heterocycles. The van der Waals surface area contributed by atoms with Gasteiger partial charge in [-0.3, -0.25) is 4.79 Å². The van der Waals surface area contributed by atoms with Crippen LogP contribution in [0, 0.1) is 11.3 Å². The maximum absolute atomic E-state index is 11.9. The first-order valence-electron chi connectivity index (χ1n) is 6.74. The molecular formula is C13H23N3O3. The molecule has 2 aliphatic rings. The maximum atomic E-state index is 11.9. The van der Waals surface area contributed by atoms with Gasteiger partial charge < -0.3 is 19.8 Å². The van der Waals surface area contributed by atoms with Crippen LogP contribution in [0.5, 0.6) is 0 Å². The quantitative estimate of drug-likeness (QED) is 0.802. The van der Waals surface area contributed by atoms with Gasteiger partial charge in [0.2, 0.25) is 5.91 Å². The molecule has 2 rings (SSSR count). The summed E-state index contributed by atoms with van der Waals surface area (Å²) >= 11 is 0. The lowest BCUT2D eigenvalue weighted by molar-refractivity contribution is -0.148. The van der Waals surface area contributed by atoms with Gasteiger partial charge in [-0.05, 0) is 25.8 Å². The summed E-state index contributed by atoms with van der Waals surface area (Å²) < 4.78 is 0. The molecule has 1 N–H and O–H groups in total. The van der Waals surface area contributed by atoms with Crippen molar-refractivity contribution >= 4 is 12.0 Å². The summed E-state index contributed by atoms with van der Waals surface area (Å²) in [4.78, 5) is 28.0. The molecule has 0 spiro atoms. The maximum Gasteiger partial charge on any atom is 0.407 e. The second-order valence-electron chi connectivity index (χ2n) is 6.31. The number of nitrogens with zero attached hydrogens (tertiary/aromatic N) is 3. The third kappa shape index (κ3) is 2.83. The number of hydrogen-bond acceptors (Lipinski definition) is 3. The fraction of sp³-hybridized carbons (Fsp3) is 0.846. The van der Waals surface area contributed by atoms with Crippen molar-refractivity contribution in [1.29, 1.82) is 0 Å². The normalized spacial score (nSPS) is 22.6. The summed E-state index contributed by atoms with van der Waals surface area (Å²) in [5, 5.41) is 8.74. The van der Waals surface area contributed by atoms with Gasteiger partial charge in [0.1, 0.15) is 0 Å². The van der Waals surface area contributed by atoms with E-state index in [4.69, 9.17) is 5.11 Å². The Morgan fingerprint density at radius 1 is 1.32 bits per heavy atom. The minimum Gasteiger partial charge on any atom is -0.465 e. The van der Waals surface area contributed by atoms with E-state index in [9.17, 15) is 9.59 Å². The lowest BCUT2D eigenvalue weighted by atomic mass is 9.80. The van der Waals surface area contributed by atoms with Crippen LogP contribution in [0.4, 0.5) is 4.79 Å². The Kier molecular flexibility index (Phi) is 3.71. The molecule has 2 heterocycles. The number of amides is 2. The van der Waals surface area contributed by atoms with Gasteiger partial charge in [-0.2, -0.15) is 0 Å². The Balaban J connectivity index is 1.64. The second-order valence-corrected chi connectivity index (χ2v) is 6.31. The van der Waals surface area contributed by atoms with Crippen molar-refractivity contribution in [3.63, 3.8) is 0 Å². The van der Waals surface area contributed by atoms with Crippen molar-refractivity contribution in [3.8, 4) is 0 Å². The van der Waals surface area contributed by atoms with Crippen LogP contribution in [0.2, 0.25) is 0 Å². The fourth-order valence-electron chi connectivity index (χ4n) is 3.05. The number of rotatable bonds is 4. The predicted octanol–water partition coefficient (Wildman–Crippen LogP) is 0.396. The minimum absolute atomic E-state index is 0.199. The number of likely N-dealkylation sites (tertiary alicyclic amines) is 2. The number of hydrogen-bond donors (Lipinski definition) is 1. The van der Waals surface area contributed by atoms with Crippen LogP contribution in [-0.2, 0) is 4.79 Å². The average molecular weight is 269 g/mol. The van der Waals surface area contributed by atoms with E-state index in [0.29, 0.717) is 19.0 Å². The van der Waals surface area contributed by atoms with Gasteiger partial charge in [0.05, 0.1) is 5.41 Å². The van der Waals surface area contributed by atoms with Crippen LogP contribution in [0.15, 0.2) is 0 Å². The summed E-state index contributed by atoms with van der Waals surface area (Å²) in [6.07, 6.45) is 0.208. The highest BCUT2D eigenvalue weighted by Crippen LogP contribution is 2.32. The molecule has 0 aliphatic carbocycles. The van der Waals surface area contributed by atoms with Gasteiger partial charge in [0, 0.05) is 40.3 Å². The topological polar surface area (TPSA) is 64.1 Å². The van der Waals surface area contributed by atoms with Crippen molar-refractivity contribution in [2.24, 2.45) is 11.3 Å². The lowest BCUT2D eigenvalue weighted by Crippen LogP contribution is -2.62. The molecule has 2 aliphatic heterocycles. The molecule has 2 amide bonds. The standard InChI is InChI=1S/C13H23N3O3/c1-13(11(17)14(2)3)8-15(9-13)5-4-10-6-16(7-10)12(18)19/h10H,4-9H2,1-3H3,(H,18,19). The van der Waals surface area contributed by atoms with Gasteiger partial charge in [0.15, 0.2) is 0 Å². The zero-order chi connectivity index (χ0) is 14.2. The van der Waals surface area contributed by atoms with Crippen molar-refractivity contribution in [2.75, 3.05) is 46.8 Å². The molecule has 0 saturated carbocycles. The molecule has 0 aromatic carbocycles. The van der Waals surface area contributed by atoms with Gasteiger partial charge >= 0.3 is 6.09 Å².